The molecule has 0 aliphatic rings. The maximum absolute atomic E-state index is 13.1. The van der Waals surface area contributed by atoms with Gasteiger partial charge in [0.2, 0.25) is 0 Å². The monoisotopic (exact) mass is 324 g/mol. The van der Waals surface area contributed by atoms with Crippen molar-refractivity contribution >= 4 is 11.3 Å². The Balaban J connectivity index is 2.86. The van der Waals surface area contributed by atoms with Crippen LogP contribution in [0.2, 0.25) is 0 Å². The molecule has 0 bridgehead atoms. The van der Waals surface area contributed by atoms with Crippen molar-refractivity contribution in [1.29, 1.82) is 0 Å². The first-order valence-corrected chi connectivity index (χ1v) is 6.67. The molecule has 1 heterocycles. The molecule has 0 aliphatic heterocycles. The molecule has 0 amide bonds. The molecule has 1 aromatic heterocycles. The van der Waals surface area contributed by atoms with Crippen molar-refractivity contribution in [2.24, 2.45) is 0 Å². The second-order valence-corrected chi connectivity index (χ2v) is 5.93. The van der Waals surface area contributed by atoms with Gasteiger partial charge < -0.3 is 0 Å². The van der Waals surface area contributed by atoms with E-state index in [4.69, 9.17) is 0 Å². The van der Waals surface area contributed by atoms with Gasteiger partial charge in [0, 0.05) is 15.3 Å². The lowest BCUT2D eigenvalue weighted by Gasteiger charge is -2.19. The summed E-state index contributed by atoms with van der Waals surface area (Å²) < 4.78 is 78.8. The first kappa shape index (κ1) is 15.9. The lowest BCUT2D eigenvalue weighted by atomic mass is 9.96. The van der Waals surface area contributed by atoms with Crippen LogP contribution in [0.4, 0.5) is 26.3 Å². The molecular formula is C14H10F6S. The van der Waals surface area contributed by atoms with Gasteiger partial charge in [-0.05, 0) is 43.7 Å². The first-order chi connectivity index (χ1) is 9.50. The Morgan fingerprint density at radius 3 is 1.62 bits per heavy atom. The van der Waals surface area contributed by atoms with Crippen molar-refractivity contribution in [3.8, 4) is 10.4 Å². The van der Waals surface area contributed by atoms with E-state index >= 15 is 0 Å². The number of rotatable bonds is 1. The summed E-state index contributed by atoms with van der Waals surface area (Å²) in [5.41, 5.74) is -3.38. The third-order valence-corrected chi connectivity index (χ3v) is 3.90. The van der Waals surface area contributed by atoms with Crippen molar-refractivity contribution in [2.75, 3.05) is 0 Å². The molecular weight excluding hydrogens is 314 g/mol. The van der Waals surface area contributed by atoms with Crippen molar-refractivity contribution in [1.82, 2.24) is 0 Å². The third-order valence-electron chi connectivity index (χ3n) is 2.88. The SMILES string of the molecule is Cc1cc(C(F)(F)F)c(-c2ccc(C)s2)c(C(F)(F)F)c1. The van der Waals surface area contributed by atoms with Crippen LogP contribution in [0.1, 0.15) is 21.6 Å². The molecule has 0 nitrogen and oxygen atoms in total. The summed E-state index contributed by atoms with van der Waals surface area (Å²) in [7, 11) is 0. The molecule has 0 atom stereocenters. The van der Waals surface area contributed by atoms with Crippen LogP contribution in [0.15, 0.2) is 24.3 Å². The zero-order valence-corrected chi connectivity index (χ0v) is 11.8. The molecule has 0 unspecified atom stereocenters. The fraction of sp³-hybridized carbons (Fsp3) is 0.286. The van der Waals surface area contributed by atoms with Crippen molar-refractivity contribution in [3.05, 3.63) is 45.8 Å². The lowest BCUT2D eigenvalue weighted by molar-refractivity contribution is -0.142. The molecule has 2 rings (SSSR count). The predicted octanol–water partition coefficient (Wildman–Crippen LogP) is 6.07. The molecule has 0 N–H and O–H groups in total. The largest absolute Gasteiger partial charge is 0.417 e. The minimum absolute atomic E-state index is 0.0350. The van der Waals surface area contributed by atoms with Gasteiger partial charge in [-0.15, -0.1) is 11.3 Å². The zero-order chi connectivity index (χ0) is 16.0. The number of benzene rings is 1. The fourth-order valence-corrected chi connectivity index (χ4v) is 3.01. The second kappa shape index (κ2) is 5.05. The minimum atomic E-state index is -4.85. The number of hydrogen-bond donors (Lipinski definition) is 0. The van der Waals surface area contributed by atoms with Gasteiger partial charge in [-0.3, -0.25) is 0 Å². The van der Waals surface area contributed by atoms with Gasteiger partial charge in [-0.25, -0.2) is 0 Å². The van der Waals surface area contributed by atoms with Crippen molar-refractivity contribution in [2.45, 2.75) is 26.2 Å². The van der Waals surface area contributed by atoms with Crippen LogP contribution in [-0.4, -0.2) is 0 Å². The molecule has 114 valence electrons. The Bertz CT molecular complexity index is 628. The Hall–Kier alpha value is -1.50. The third kappa shape index (κ3) is 3.23. The normalized spacial score (nSPS) is 12.8. The molecule has 0 saturated heterocycles. The maximum atomic E-state index is 13.1. The summed E-state index contributed by atoms with van der Waals surface area (Å²) in [4.78, 5) is 0.610. The minimum Gasteiger partial charge on any atom is -0.166 e. The predicted molar refractivity (Wildman–Crippen MR) is 69.2 cm³/mol. The van der Waals surface area contributed by atoms with Gasteiger partial charge in [0.1, 0.15) is 0 Å². The van der Waals surface area contributed by atoms with Gasteiger partial charge in [0.15, 0.2) is 0 Å². The van der Waals surface area contributed by atoms with E-state index in [1.807, 2.05) is 0 Å². The average Bonchev–Trinajstić information content (AvgIpc) is 2.72. The van der Waals surface area contributed by atoms with E-state index in [9.17, 15) is 26.3 Å². The summed E-state index contributed by atoms with van der Waals surface area (Å²) in [6.07, 6.45) is -9.70. The second-order valence-electron chi connectivity index (χ2n) is 4.64. The van der Waals surface area contributed by atoms with Crippen LogP contribution < -0.4 is 0 Å². The van der Waals surface area contributed by atoms with Gasteiger partial charge in [0.05, 0.1) is 11.1 Å². The number of hydrogen-bond acceptors (Lipinski definition) is 1. The number of thiophene rings is 1. The highest BCUT2D eigenvalue weighted by atomic mass is 32.1. The first-order valence-electron chi connectivity index (χ1n) is 5.86. The summed E-state index contributed by atoms with van der Waals surface area (Å²) in [6, 6.07) is 4.29. The van der Waals surface area contributed by atoms with Crippen LogP contribution in [0, 0.1) is 13.8 Å². The van der Waals surface area contributed by atoms with E-state index in [1.54, 1.807) is 6.92 Å². The highest BCUT2D eigenvalue weighted by Crippen LogP contribution is 2.46. The smallest absolute Gasteiger partial charge is 0.166 e. The van der Waals surface area contributed by atoms with E-state index < -0.39 is 29.0 Å². The molecule has 2 aromatic rings. The average molecular weight is 324 g/mol. The summed E-state index contributed by atoms with van der Waals surface area (Å²) in [5.74, 6) is 0. The van der Waals surface area contributed by atoms with Gasteiger partial charge >= 0.3 is 12.4 Å². The Labute approximate surface area is 121 Å². The highest BCUT2D eigenvalue weighted by molar-refractivity contribution is 7.15. The van der Waals surface area contributed by atoms with Crippen LogP contribution in [0.5, 0.6) is 0 Å². The maximum Gasteiger partial charge on any atom is 0.417 e. The van der Waals surface area contributed by atoms with E-state index in [1.165, 1.54) is 19.1 Å². The van der Waals surface area contributed by atoms with Crippen LogP contribution in [0.25, 0.3) is 10.4 Å². The highest BCUT2D eigenvalue weighted by Gasteiger charge is 2.41. The van der Waals surface area contributed by atoms with Gasteiger partial charge in [-0.1, -0.05) is 0 Å². The molecule has 21 heavy (non-hydrogen) atoms. The van der Waals surface area contributed by atoms with E-state index in [-0.39, 0.29) is 10.4 Å². The number of alkyl halides is 6. The van der Waals surface area contributed by atoms with Gasteiger partial charge in [0.25, 0.3) is 0 Å². The Morgan fingerprint density at radius 2 is 1.29 bits per heavy atom. The van der Waals surface area contributed by atoms with Crippen LogP contribution in [-0.2, 0) is 12.4 Å². The molecule has 7 heteroatoms. The van der Waals surface area contributed by atoms with Crippen LogP contribution >= 0.6 is 11.3 Å². The Kier molecular flexibility index (Phi) is 3.82. The molecule has 0 radical (unpaired) electrons. The molecule has 0 fully saturated rings. The molecule has 1 aromatic carbocycles. The standard InChI is InChI=1S/C14H10F6S/c1-7-5-9(13(15,16)17)12(10(6-7)14(18,19)20)11-4-3-8(2)21-11/h3-6H,1-2H3. The molecule has 0 saturated carbocycles. The molecule has 0 aliphatic carbocycles. The number of halogens is 6. The Morgan fingerprint density at radius 1 is 0.810 bits per heavy atom. The van der Waals surface area contributed by atoms with E-state index in [0.29, 0.717) is 4.88 Å². The van der Waals surface area contributed by atoms with E-state index in [2.05, 4.69) is 0 Å². The van der Waals surface area contributed by atoms with Crippen molar-refractivity contribution in [3.63, 3.8) is 0 Å². The summed E-state index contributed by atoms with van der Waals surface area (Å²) >= 11 is 0.907. The zero-order valence-electron chi connectivity index (χ0n) is 11.0. The lowest BCUT2D eigenvalue weighted by Crippen LogP contribution is -2.14. The van der Waals surface area contributed by atoms with E-state index in [0.717, 1.165) is 23.5 Å². The number of aryl methyl sites for hydroxylation is 2. The quantitative estimate of drug-likeness (QED) is 0.559. The van der Waals surface area contributed by atoms with Crippen molar-refractivity contribution < 1.29 is 26.3 Å². The van der Waals surface area contributed by atoms with Gasteiger partial charge in [-0.2, -0.15) is 26.3 Å². The topological polar surface area (TPSA) is 0 Å². The van der Waals surface area contributed by atoms with Crippen LogP contribution in [0.3, 0.4) is 0 Å². The molecule has 0 spiro atoms. The summed E-state index contributed by atoms with van der Waals surface area (Å²) in [5, 5.41) is 0. The summed E-state index contributed by atoms with van der Waals surface area (Å²) in [6.45, 7) is 2.84. The fourth-order valence-electron chi connectivity index (χ4n) is 2.07.